The van der Waals surface area contributed by atoms with Gasteiger partial charge in [-0.2, -0.15) is 10.1 Å². The Morgan fingerprint density at radius 3 is 2.50 bits per heavy atom. The summed E-state index contributed by atoms with van der Waals surface area (Å²) in [5, 5.41) is 12.3. The topological polar surface area (TPSA) is 72.5 Å². The summed E-state index contributed by atoms with van der Waals surface area (Å²) in [6, 6.07) is 24.4. The number of nitrogens with zero attached hydrogens (tertiary/aromatic N) is 6. The lowest BCUT2D eigenvalue weighted by Crippen LogP contribution is -2.25. The van der Waals surface area contributed by atoms with Crippen LogP contribution in [0, 0.1) is 0 Å². The molecule has 1 aliphatic rings. The van der Waals surface area contributed by atoms with Crippen LogP contribution >= 0.6 is 0 Å². The molecule has 0 bridgehead atoms. The second-order valence-electron chi connectivity index (χ2n) is 9.06. The Labute approximate surface area is 210 Å². The van der Waals surface area contributed by atoms with E-state index in [1.807, 2.05) is 57.9 Å². The van der Waals surface area contributed by atoms with E-state index in [-0.39, 0.29) is 0 Å². The Morgan fingerprint density at radius 1 is 0.889 bits per heavy atom. The minimum Gasteiger partial charge on any atom is -0.492 e. The van der Waals surface area contributed by atoms with Crippen LogP contribution in [0.1, 0.15) is 18.4 Å². The fourth-order valence-electron chi connectivity index (χ4n) is 4.60. The van der Waals surface area contributed by atoms with Crippen molar-refractivity contribution in [2.75, 3.05) is 31.6 Å². The van der Waals surface area contributed by atoms with Gasteiger partial charge in [0.2, 0.25) is 5.95 Å². The summed E-state index contributed by atoms with van der Waals surface area (Å²) < 4.78 is 9.70. The van der Waals surface area contributed by atoms with Crippen molar-refractivity contribution >= 4 is 17.3 Å². The number of ether oxygens (including phenoxy) is 1. The van der Waals surface area contributed by atoms with Gasteiger partial charge in [0.15, 0.2) is 5.65 Å². The quantitative estimate of drug-likeness (QED) is 0.326. The van der Waals surface area contributed by atoms with Crippen molar-refractivity contribution in [1.82, 2.24) is 29.3 Å². The molecule has 8 nitrogen and oxygen atoms in total. The summed E-state index contributed by atoms with van der Waals surface area (Å²) in [6.45, 7) is 4.83. The van der Waals surface area contributed by atoms with Crippen LogP contribution in [0.3, 0.4) is 0 Å². The van der Waals surface area contributed by atoms with E-state index >= 15 is 0 Å². The molecule has 6 rings (SSSR count). The number of fused-ring (bicyclic) bond motifs is 1. The molecule has 1 saturated heterocycles. The zero-order valence-corrected chi connectivity index (χ0v) is 20.1. The van der Waals surface area contributed by atoms with E-state index in [1.165, 1.54) is 31.5 Å². The molecule has 4 heterocycles. The van der Waals surface area contributed by atoms with E-state index in [0.29, 0.717) is 12.6 Å². The standard InChI is InChI=1S/C28H29N7O/c1-2-17-33(16-1)19-20-36-25-13-11-24(12-14-25)30-28-31-27-6-3-5-26(35(27)32-28)23-9-7-22(8-10-23)21-34-18-4-15-29-34/h3-15,18H,1-2,16-17,19-21H2,(H,30,32). The third-order valence-electron chi connectivity index (χ3n) is 6.50. The first-order chi connectivity index (χ1) is 17.8. The van der Waals surface area contributed by atoms with Crippen LogP contribution in [0.5, 0.6) is 5.75 Å². The molecule has 8 heteroatoms. The highest BCUT2D eigenvalue weighted by atomic mass is 16.5. The third kappa shape index (κ3) is 5.08. The van der Waals surface area contributed by atoms with Crippen LogP contribution in [0.4, 0.5) is 11.6 Å². The second-order valence-corrected chi connectivity index (χ2v) is 9.06. The molecule has 0 spiro atoms. The van der Waals surface area contributed by atoms with E-state index in [1.54, 1.807) is 6.20 Å². The van der Waals surface area contributed by atoms with Gasteiger partial charge in [0.25, 0.3) is 0 Å². The van der Waals surface area contributed by atoms with Crippen molar-refractivity contribution in [3.63, 3.8) is 0 Å². The summed E-state index contributed by atoms with van der Waals surface area (Å²) in [4.78, 5) is 7.12. The summed E-state index contributed by atoms with van der Waals surface area (Å²) in [7, 11) is 0. The highest BCUT2D eigenvalue weighted by Crippen LogP contribution is 2.23. The maximum atomic E-state index is 5.91. The molecular weight excluding hydrogens is 450 g/mol. The molecule has 0 amide bonds. The highest BCUT2D eigenvalue weighted by Gasteiger charge is 2.12. The normalized spacial score (nSPS) is 13.9. The van der Waals surface area contributed by atoms with Crippen LogP contribution in [-0.2, 0) is 6.54 Å². The molecule has 36 heavy (non-hydrogen) atoms. The SMILES string of the molecule is c1cc(-c2ccc(Cn3cccn3)cc2)n2nc(Nc3ccc(OCCN4CCCC4)cc3)nc2c1. The van der Waals surface area contributed by atoms with Crippen LogP contribution in [0.2, 0.25) is 0 Å². The number of nitrogens with one attached hydrogen (secondary N) is 1. The average molecular weight is 480 g/mol. The summed E-state index contributed by atoms with van der Waals surface area (Å²) in [6.07, 6.45) is 6.37. The van der Waals surface area contributed by atoms with E-state index in [9.17, 15) is 0 Å². The lowest BCUT2D eigenvalue weighted by Gasteiger charge is -2.15. The van der Waals surface area contributed by atoms with Crippen molar-refractivity contribution in [1.29, 1.82) is 0 Å². The number of likely N-dealkylation sites (tertiary alicyclic amines) is 1. The number of aromatic nitrogens is 5. The lowest BCUT2D eigenvalue weighted by molar-refractivity contribution is 0.238. The molecule has 0 atom stereocenters. The first kappa shape index (κ1) is 22.3. The van der Waals surface area contributed by atoms with Crippen molar-refractivity contribution in [3.8, 4) is 17.0 Å². The molecule has 0 aliphatic carbocycles. The molecule has 0 unspecified atom stereocenters. The van der Waals surface area contributed by atoms with Gasteiger partial charge in [0.1, 0.15) is 12.4 Å². The smallest absolute Gasteiger partial charge is 0.247 e. The van der Waals surface area contributed by atoms with E-state index in [0.717, 1.165) is 41.4 Å². The Hall–Kier alpha value is -4.17. The zero-order valence-electron chi connectivity index (χ0n) is 20.1. The van der Waals surface area contributed by atoms with Crippen LogP contribution < -0.4 is 10.1 Å². The van der Waals surface area contributed by atoms with Crippen LogP contribution in [-0.4, -0.2) is 55.5 Å². The third-order valence-corrected chi connectivity index (χ3v) is 6.50. The number of anilines is 2. The van der Waals surface area contributed by atoms with Crippen molar-refractivity contribution in [3.05, 3.63) is 90.8 Å². The van der Waals surface area contributed by atoms with Gasteiger partial charge in [-0.3, -0.25) is 9.58 Å². The van der Waals surface area contributed by atoms with Gasteiger partial charge in [0.05, 0.1) is 12.2 Å². The Balaban J connectivity index is 1.13. The molecule has 3 aromatic heterocycles. The van der Waals surface area contributed by atoms with Gasteiger partial charge in [-0.05, 0) is 74.0 Å². The van der Waals surface area contributed by atoms with Gasteiger partial charge in [-0.25, -0.2) is 4.52 Å². The molecule has 0 radical (unpaired) electrons. The molecule has 182 valence electrons. The molecule has 2 aromatic carbocycles. The first-order valence-electron chi connectivity index (χ1n) is 12.4. The molecule has 1 N–H and O–H groups in total. The molecule has 1 fully saturated rings. The van der Waals surface area contributed by atoms with Gasteiger partial charge in [0, 0.05) is 30.2 Å². The summed E-state index contributed by atoms with van der Waals surface area (Å²) in [5.74, 6) is 1.43. The van der Waals surface area contributed by atoms with Gasteiger partial charge in [-0.1, -0.05) is 30.3 Å². The second kappa shape index (κ2) is 10.2. The van der Waals surface area contributed by atoms with E-state index < -0.39 is 0 Å². The predicted octanol–water partition coefficient (Wildman–Crippen LogP) is 4.86. The predicted molar refractivity (Wildman–Crippen MR) is 141 cm³/mol. The number of benzene rings is 2. The number of pyridine rings is 1. The average Bonchev–Trinajstić information content (AvgIpc) is 3.68. The number of rotatable bonds is 9. The van der Waals surface area contributed by atoms with Crippen LogP contribution in [0.15, 0.2) is 85.2 Å². The molecule has 0 saturated carbocycles. The van der Waals surface area contributed by atoms with E-state index in [4.69, 9.17) is 9.84 Å². The minimum atomic E-state index is 0.556. The Morgan fingerprint density at radius 2 is 1.72 bits per heavy atom. The maximum Gasteiger partial charge on any atom is 0.247 e. The summed E-state index contributed by atoms with van der Waals surface area (Å²) in [5.41, 5.74) is 4.97. The zero-order chi connectivity index (χ0) is 24.2. The minimum absolute atomic E-state index is 0.556. The largest absolute Gasteiger partial charge is 0.492 e. The van der Waals surface area contributed by atoms with Gasteiger partial charge >= 0.3 is 0 Å². The fourth-order valence-corrected chi connectivity index (χ4v) is 4.60. The van der Waals surface area contributed by atoms with Crippen LogP contribution in [0.25, 0.3) is 16.9 Å². The van der Waals surface area contributed by atoms with Crippen molar-refractivity contribution < 1.29 is 4.74 Å². The highest BCUT2D eigenvalue weighted by molar-refractivity contribution is 5.65. The summed E-state index contributed by atoms with van der Waals surface area (Å²) >= 11 is 0. The van der Waals surface area contributed by atoms with E-state index in [2.05, 4.69) is 50.6 Å². The van der Waals surface area contributed by atoms with Gasteiger partial charge in [-0.15, -0.1) is 5.10 Å². The molecular formula is C28H29N7O. The Bertz CT molecular complexity index is 1400. The van der Waals surface area contributed by atoms with Crippen molar-refractivity contribution in [2.45, 2.75) is 19.4 Å². The Kier molecular flexibility index (Phi) is 6.33. The maximum absolute atomic E-state index is 5.91. The molecule has 1 aliphatic heterocycles. The first-order valence-corrected chi connectivity index (χ1v) is 12.4. The fraction of sp³-hybridized carbons (Fsp3) is 0.250. The lowest BCUT2D eigenvalue weighted by atomic mass is 10.1. The monoisotopic (exact) mass is 479 g/mol. The number of hydrogen-bond acceptors (Lipinski definition) is 6. The number of hydrogen-bond donors (Lipinski definition) is 1. The van der Waals surface area contributed by atoms with Crippen molar-refractivity contribution in [2.24, 2.45) is 0 Å². The molecule has 5 aromatic rings. The van der Waals surface area contributed by atoms with Gasteiger partial charge < -0.3 is 10.1 Å².